The fourth-order valence-corrected chi connectivity index (χ4v) is 3.68. The van der Waals surface area contributed by atoms with Gasteiger partial charge in [-0.05, 0) is 71.3 Å². The first kappa shape index (κ1) is 17.6. The number of carbonyl (C=O) groups is 1. The largest absolute Gasteiger partial charge is 0.444 e. The fourth-order valence-electron chi connectivity index (χ4n) is 3.68. The SMILES string of the molecule is CCC1CCC(NCCC2CCN(C(=O)OC(C)(C)C)C2)C1. The maximum Gasteiger partial charge on any atom is 0.410 e. The smallest absolute Gasteiger partial charge is 0.410 e. The molecule has 0 bridgehead atoms. The van der Waals surface area contributed by atoms with Gasteiger partial charge in [0.15, 0.2) is 0 Å². The quantitative estimate of drug-likeness (QED) is 0.839. The van der Waals surface area contributed by atoms with Crippen LogP contribution in [0.1, 0.15) is 66.2 Å². The third-order valence-corrected chi connectivity index (χ3v) is 5.04. The number of rotatable bonds is 5. The van der Waals surface area contributed by atoms with Gasteiger partial charge in [-0.1, -0.05) is 13.3 Å². The highest BCUT2D eigenvalue weighted by Crippen LogP contribution is 2.28. The molecule has 1 saturated heterocycles. The van der Waals surface area contributed by atoms with Crippen molar-refractivity contribution >= 4 is 6.09 Å². The molecule has 0 aromatic rings. The third kappa shape index (κ3) is 5.45. The zero-order valence-corrected chi connectivity index (χ0v) is 14.9. The van der Waals surface area contributed by atoms with Crippen molar-refractivity contribution < 1.29 is 9.53 Å². The zero-order chi connectivity index (χ0) is 16.2. The highest BCUT2D eigenvalue weighted by Gasteiger charge is 2.30. The maximum absolute atomic E-state index is 12.0. The number of likely N-dealkylation sites (tertiary alicyclic amines) is 1. The summed E-state index contributed by atoms with van der Waals surface area (Å²) >= 11 is 0. The Labute approximate surface area is 136 Å². The van der Waals surface area contributed by atoms with Crippen molar-refractivity contribution in [3.8, 4) is 0 Å². The summed E-state index contributed by atoms with van der Waals surface area (Å²) in [4.78, 5) is 13.9. The van der Waals surface area contributed by atoms with E-state index in [0.717, 1.165) is 38.0 Å². The maximum atomic E-state index is 12.0. The highest BCUT2D eigenvalue weighted by atomic mass is 16.6. The topological polar surface area (TPSA) is 41.6 Å². The minimum Gasteiger partial charge on any atom is -0.444 e. The number of hydrogen-bond donors (Lipinski definition) is 1. The summed E-state index contributed by atoms with van der Waals surface area (Å²) in [6, 6.07) is 0.730. The highest BCUT2D eigenvalue weighted by molar-refractivity contribution is 5.68. The molecule has 1 heterocycles. The standard InChI is InChI=1S/C18H34N2O2/c1-5-14-6-7-16(12-14)19-10-8-15-9-11-20(13-15)17(21)22-18(2,3)4/h14-16,19H,5-13H2,1-4H3. The monoisotopic (exact) mass is 310 g/mol. The lowest BCUT2D eigenvalue weighted by molar-refractivity contribution is 0.0287. The Morgan fingerprint density at radius 2 is 2.00 bits per heavy atom. The van der Waals surface area contributed by atoms with Gasteiger partial charge in [0.05, 0.1) is 0 Å². The van der Waals surface area contributed by atoms with Crippen LogP contribution in [0.2, 0.25) is 0 Å². The average Bonchev–Trinajstić information content (AvgIpc) is 3.05. The molecule has 4 nitrogen and oxygen atoms in total. The van der Waals surface area contributed by atoms with Crippen molar-refractivity contribution in [1.29, 1.82) is 0 Å². The van der Waals surface area contributed by atoms with E-state index >= 15 is 0 Å². The normalized spacial score (nSPS) is 29.1. The minimum atomic E-state index is -0.394. The van der Waals surface area contributed by atoms with E-state index in [2.05, 4.69) is 12.2 Å². The molecule has 1 aliphatic heterocycles. The van der Waals surface area contributed by atoms with Gasteiger partial charge >= 0.3 is 6.09 Å². The van der Waals surface area contributed by atoms with Crippen LogP contribution >= 0.6 is 0 Å². The van der Waals surface area contributed by atoms with Crippen LogP contribution in [-0.4, -0.2) is 42.3 Å². The summed E-state index contributed by atoms with van der Waals surface area (Å²) in [5.74, 6) is 1.56. The van der Waals surface area contributed by atoms with E-state index in [1.54, 1.807) is 0 Å². The average molecular weight is 310 g/mol. The summed E-state index contributed by atoms with van der Waals surface area (Å²) in [6.07, 6.45) is 7.55. The van der Waals surface area contributed by atoms with Crippen LogP contribution in [-0.2, 0) is 4.74 Å². The van der Waals surface area contributed by atoms with Crippen LogP contribution in [0.5, 0.6) is 0 Å². The van der Waals surface area contributed by atoms with Gasteiger partial charge in [0.25, 0.3) is 0 Å². The molecule has 4 heteroatoms. The van der Waals surface area contributed by atoms with E-state index in [9.17, 15) is 4.79 Å². The summed E-state index contributed by atoms with van der Waals surface area (Å²) in [6.45, 7) is 10.9. The fraction of sp³-hybridized carbons (Fsp3) is 0.944. The van der Waals surface area contributed by atoms with E-state index in [-0.39, 0.29) is 6.09 Å². The second-order valence-corrected chi connectivity index (χ2v) is 8.11. The summed E-state index contributed by atoms with van der Waals surface area (Å²) < 4.78 is 5.45. The Hall–Kier alpha value is -0.770. The number of hydrogen-bond acceptors (Lipinski definition) is 3. The lowest BCUT2D eigenvalue weighted by Gasteiger charge is -2.24. The van der Waals surface area contributed by atoms with Gasteiger partial charge in [-0.25, -0.2) is 4.79 Å². The van der Waals surface area contributed by atoms with Crippen molar-refractivity contribution in [2.45, 2.75) is 77.9 Å². The van der Waals surface area contributed by atoms with E-state index in [4.69, 9.17) is 4.74 Å². The molecule has 3 atom stereocenters. The molecule has 0 aromatic carbocycles. The second-order valence-electron chi connectivity index (χ2n) is 8.11. The zero-order valence-electron chi connectivity index (χ0n) is 14.9. The molecule has 1 saturated carbocycles. The van der Waals surface area contributed by atoms with Crippen LogP contribution < -0.4 is 5.32 Å². The Kier molecular flexibility index (Phi) is 6.13. The van der Waals surface area contributed by atoms with Crippen LogP contribution in [0, 0.1) is 11.8 Å². The summed E-state index contributed by atoms with van der Waals surface area (Å²) in [5.41, 5.74) is -0.394. The van der Waals surface area contributed by atoms with Crippen molar-refractivity contribution in [3.63, 3.8) is 0 Å². The number of nitrogens with one attached hydrogen (secondary N) is 1. The van der Waals surface area contributed by atoms with Crippen LogP contribution in [0.25, 0.3) is 0 Å². The molecule has 0 radical (unpaired) electrons. The summed E-state index contributed by atoms with van der Waals surface area (Å²) in [7, 11) is 0. The predicted molar refractivity (Wildman–Crippen MR) is 90.0 cm³/mol. The van der Waals surface area contributed by atoms with Crippen LogP contribution in [0.4, 0.5) is 4.79 Å². The van der Waals surface area contributed by atoms with Crippen molar-refractivity contribution in [3.05, 3.63) is 0 Å². The molecule has 3 unspecified atom stereocenters. The van der Waals surface area contributed by atoms with Crippen molar-refractivity contribution in [2.75, 3.05) is 19.6 Å². The van der Waals surface area contributed by atoms with Crippen LogP contribution in [0.15, 0.2) is 0 Å². The molecular formula is C18H34N2O2. The molecular weight excluding hydrogens is 276 g/mol. The van der Waals surface area contributed by atoms with E-state index in [1.165, 1.54) is 32.1 Å². The summed E-state index contributed by atoms with van der Waals surface area (Å²) in [5, 5.41) is 3.72. The lowest BCUT2D eigenvalue weighted by atomic mass is 10.0. The first-order chi connectivity index (χ1) is 10.4. The van der Waals surface area contributed by atoms with Crippen molar-refractivity contribution in [1.82, 2.24) is 10.2 Å². The molecule has 1 N–H and O–H groups in total. The number of carbonyl (C=O) groups excluding carboxylic acids is 1. The molecule has 2 fully saturated rings. The first-order valence-electron chi connectivity index (χ1n) is 9.08. The molecule has 128 valence electrons. The van der Waals surface area contributed by atoms with Gasteiger partial charge in [0, 0.05) is 19.1 Å². The van der Waals surface area contributed by atoms with E-state index < -0.39 is 5.60 Å². The molecule has 0 spiro atoms. The van der Waals surface area contributed by atoms with Gasteiger partial charge in [-0.3, -0.25) is 0 Å². The molecule has 0 aromatic heterocycles. The minimum absolute atomic E-state index is 0.149. The van der Waals surface area contributed by atoms with Gasteiger partial charge in [-0.2, -0.15) is 0 Å². The number of nitrogens with zero attached hydrogens (tertiary/aromatic N) is 1. The van der Waals surface area contributed by atoms with Gasteiger partial charge in [0.1, 0.15) is 5.60 Å². The van der Waals surface area contributed by atoms with Gasteiger partial charge in [-0.15, -0.1) is 0 Å². The van der Waals surface area contributed by atoms with Crippen molar-refractivity contribution in [2.24, 2.45) is 11.8 Å². The Morgan fingerprint density at radius 3 is 2.64 bits per heavy atom. The second kappa shape index (κ2) is 7.67. The Balaban J connectivity index is 1.61. The molecule has 1 amide bonds. The number of amides is 1. The lowest BCUT2D eigenvalue weighted by Crippen LogP contribution is -2.35. The molecule has 2 rings (SSSR count). The third-order valence-electron chi connectivity index (χ3n) is 5.04. The van der Waals surface area contributed by atoms with Gasteiger partial charge in [0.2, 0.25) is 0 Å². The molecule has 2 aliphatic rings. The number of ether oxygens (including phenoxy) is 1. The first-order valence-corrected chi connectivity index (χ1v) is 9.08. The van der Waals surface area contributed by atoms with Crippen LogP contribution in [0.3, 0.4) is 0 Å². The van der Waals surface area contributed by atoms with Gasteiger partial charge < -0.3 is 15.0 Å². The van der Waals surface area contributed by atoms with E-state index in [0.29, 0.717) is 5.92 Å². The molecule has 22 heavy (non-hydrogen) atoms. The predicted octanol–water partition coefficient (Wildman–Crippen LogP) is 3.80. The van der Waals surface area contributed by atoms with E-state index in [1.807, 2.05) is 25.7 Å². The Bertz CT molecular complexity index is 365. The Morgan fingerprint density at radius 1 is 1.23 bits per heavy atom. The molecule has 1 aliphatic carbocycles.